The first-order chi connectivity index (χ1) is 9.41. The lowest BCUT2D eigenvalue weighted by molar-refractivity contribution is 0.553. The van der Waals surface area contributed by atoms with E-state index in [1.807, 2.05) is 26.2 Å². The van der Waals surface area contributed by atoms with Crippen molar-refractivity contribution in [2.75, 3.05) is 13.3 Å². The maximum Gasteiger partial charge on any atom is 0.175 e. The lowest BCUT2D eigenvalue weighted by Gasteiger charge is -2.16. The summed E-state index contributed by atoms with van der Waals surface area (Å²) in [5.41, 5.74) is 1.02. The molecule has 0 aliphatic carbocycles. The van der Waals surface area contributed by atoms with Gasteiger partial charge in [-0.15, -0.1) is 0 Å². The lowest BCUT2D eigenvalue weighted by Crippen LogP contribution is -2.20. The van der Waals surface area contributed by atoms with Crippen LogP contribution in [0.25, 0.3) is 0 Å². The number of aromatic nitrogens is 3. The molecule has 1 heterocycles. The predicted octanol–water partition coefficient (Wildman–Crippen LogP) is 0.722. The zero-order valence-corrected chi connectivity index (χ0v) is 12.6. The van der Waals surface area contributed by atoms with E-state index in [-0.39, 0.29) is 6.04 Å². The summed E-state index contributed by atoms with van der Waals surface area (Å²) in [4.78, 5) is 4.53. The van der Waals surface area contributed by atoms with Crippen molar-refractivity contribution in [3.63, 3.8) is 0 Å². The summed E-state index contributed by atoms with van der Waals surface area (Å²) in [6.07, 6.45) is 3.41. The first-order valence-electron chi connectivity index (χ1n) is 6.22. The van der Waals surface area contributed by atoms with Crippen LogP contribution in [0.1, 0.15) is 17.4 Å². The number of nitrogens with one attached hydrogen (secondary N) is 1. The molecule has 0 bridgehead atoms. The van der Waals surface area contributed by atoms with Crippen LogP contribution in [0.3, 0.4) is 0 Å². The molecular weight excluding hydrogens is 276 g/mol. The van der Waals surface area contributed by atoms with Gasteiger partial charge < -0.3 is 5.32 Å². The maximum absolute atomic E-state index is 11.4. The summed E-state index contributed by atoms with van der Waals surface area (Å²) in [5, 5.41) is 7.25. The Morgan fingerprint density at radius 3 is 2.40 bits per heavy atom. The van der Waals surface area contributed by atoms with Crippen molar-refractivity contribution in [3.8, 4) is 0 Å². The standard InChI is InChI=1S/C13H18N4O2S/c1-14-12(8-13-15-9-16-17(13)2)10-4-6-11(7-5-10)20(3,18)19/h4-7,9,12,14H,8H2,1-3H3. The minimum atomic E-state index is -3.16. The molecule has 20 heavy (non-hydrogen) atoms. The summed E-state index contributed by atoms with van der Waals surface area (Å²) in [5.74, 6) is 0.872. The van der Waals surface area contributed by atoms with Gasteiger partial charge in [-0.05, 0) is 24.7 Å². The van der Waals surface area contributed by atoms with Crippen LogP contribution in [0.15, 0.2) is 35.5 Å². The molecule has 0 fully saturated rings. The average molecular weight is 294 g/mol. The van der Waals surface area contributed by atoms with E-state index < -0.39 is 9.84 Å². The monoisotopic (exact) mass is 294 g/mol. The topological polar surface area (TPSA) is 76.9 Å². The molecule has 7 heteroatoms. The molecule has 1 aromatic heterocycles. The van der Waals surface area contributed by atoms with Gasteiger partial charge in [-0.25, -0.2) is 13.4 Å². The summed E-state index contributed by atoms with van der Waals surface area (Å²) < 4.78 is 24.6. The third-order valence-corrected chi connectivity index (χ3v) is 4.38. The van der Waals surface area contributed by atoms with Crippen LogP contribution in [0.2, 0.25) is 0 Å². The largest absolute Gasteiger partial charge is 0.313 e. The Morgan fingerprint density at radius 2 is 1.95 bits per heavy atom. The highest BCUT2D eigenvalue weighted by Gasteiger charge is 2.14. The van der Waals surface area contributed by atoms with Gasteiger partial charge in [0.1, 0.15) is 12.2 Å². The van der Waals surface area contributed by atoms with Gasteiger partial charge in [0.25, 0.3) is 0 Å². The number of rotatable bonds is 5. The number of benzene rings is 1. The SMILES string of the molecule is CNC(Cc1ncnn1C)c1ccc(S(C)(=O)=O)cc1. The van der Waals surface area contributed by atoms with Gasteiger partial charge in [0.2, 0.25) is 0 Å². The Kier molecular flexibility index (Phi) is 4.20. The zero-order valence-electron chi connectivity index (χ0n) is 11.7. The van der Waals surface area contributed by atoms with Gasteiger partial charge >= 0.3 is 0 Å². The second-order valence-corrected chi connectivity index (χ2v) is 6.70. The fourth-order valence-corrected chi connectivity index (χ4v) is 2.65. The van der Waals surface area contributed by atoms with Crippen molar-refractivity contribution in [2.24, 2.45) is 7.05 Å². The van der Waals surface area contributed by atoms with E-state index in [0.717, 1.165) is 11.4 Å². The van der Waals surface area contributed by atoms with Gasteiger partial charge in [0.15, 0.2) is 9.84 Å². The normalized spacial score (nSPS) is 13.3. The first-order valence-corrected chi connectivity index (χ1v) is 8.11. The summed E-state index contributed by atoms with van der Waals surface area (Å²) >= 11 is 0. The molecule has 0 spiro atoms. The number of hydrogen-bond acceptors (Lipinski definition) is 5. The highest BCUT2D eigenvalue weighted by atomic mass is 32.2. The fraction of sp³-hybridized carbons (Fsp3) is 0.385. The smallest absolute Gasteiger partial charge is 0.175 e. The number of likely N-dealkylation sites (N-methyl/N-ethyl adjacent to an activating group) is 1. The fourth-order valence-electron chi connectivity index (χ4n) is 2.02. The average Bonchev–Trinajstić information content (AvgIpc) is 2.80. The molecule has 2 rings (SSSR count). The molecule has 108 valence electrons. The highest BCUT2D eigenvalue weighted by Crippen LogP contribution is 2.19. The third-order valence-electron chi connectivity index (χ3n) is 3.25. The van der Waals surface area contributed by atoms with Gasteiger partial charge in [-0.1, -0.05) is 12.1 Å². The maximum atomic E-state index is 11.4. The number of hydrogen-bond donors (Lipinski definition) is 1. The number of nitrogens with zero attached hydrogens (tertiary/aromatic N) is 3. The Hall–Kier alpha value is -1.73. The minimum Gasteiger partial charge on any atom is -0.313 e. The Balaban J connectivity index is 2.22. The van der Waals surface area contributed by atoms with Crippen molar-refractivity contribution >= 4 is 9.84 Å². The Morgan fingerprint density at radius 1 is 1.30 bits per heavy atom. The molecule has 0 aliphatic rings. The van der Waals surface area contributed by atoms with Crippen LogP contribution in [-0.2, 0) is 23.3 Å². The van der Waals surface area contributed by atoms with Crippen molar-refractivity contribution in [3.05, 3.63) is 42.0 Å². The molecule has 0 amide bonds. The first kappa shape index (κ1) is 14.7. The van der Waals surface area contributed by atoms with Crippen LogP contribution in [0.4, 0.5) is 0 Å². The Labute approximate surface area is 118 Å². The highest BCUT2D eigenvalue weighted by molar-refractivity contribution is 7.90. The van der Waals surface area contributed by atoms with E-state index in [9.17, 15) is 8.42 Å². The third kappa shape index (κ3) is 3.23. The molecule has 1 unspecified atom stereocenters. The van der Waals surface area contributed by atoms with Crippen LogP contribution < -0.4 is 5.32 Å². The molecule has 0 radical (unpaired) electrons. The van der Waals surface area contributed by atoms with E-state index in [4.69, 9.17) is 0 Å². The van der Waals surface area contributed by atoms with E-state index in [1.54, 1.807) is 16.8 Å². The van der Waals surface area contributed by atoms with E-state index in [1.165, 1.54) is 12.6 Å². The molecule has 2 aromatic rings. The van der Waals surface area contributed by atoms with Gasteiger partial charge in [-0.2, -0.15) is 5.10 Å². The van der Waals surface area contributed by atoms with Crippen LogP contribution >= 0.6 is 0 Å². The quantitative estimate of drug-likeness (QED) is 0.879. The lowest BCUT2D eigenvalue weighted by atomic mass is 10.0. The summed E-state index contributed by atoms with van der Waals surface area (Å²) in [7, 11) is 0.560. The van der Waals surface area contributed by atoms with E-state index >= 15 is 0 Å². The second-order valence-electron chi connectivity index (χ2n) is 4.69. The second kappa shape index (κ2) is 5.72. The molecule has 0 saturated carbocycles. The minimum absolute atomic E-state index is 0.0616. The van der Waals surface area contributed by atoms with E-state index in [2.05, 4.69) is 15.4 Å². The van der Waals surface area contributed by atoms with Gasteiger partial charge in [0, 0.05) is 25.8 Å². The van der Waals surface area contributed by atoms with Crippen molar-refractivity contribution < 1.29 is 8.42 Å². The molecule has 1 N–H and O–H groups in total. The molecule has 1 aromatic carbocycles. The molecule has 0 aliphatic heterocycles. The van der Waals surface area contributed by atoms with Crippen LogP contribution in [0, 0.1) is 0 Å². The van der Waals surface area contributed by atoms with Gasteiger partial charge in [-0.3, -0.25) is 4.68 Å². The summed E-state index contributed by atoms with van der Waals surface area (Å²) in [6.45, 7) is 0. The predicted molar refractivity (Wildman–Crippen MR) is 76.1 cm³/mol. The zero-order chi connectivity index (χ0) is 14.8. The molecule has 1 atom stereocenters. The number of aryl methyl sites for hydroxylation is 1. The van der Waals surface area contributed by atoms with Crippen LogP contribution in [0.5, 0.6) is 0 Å². The van der Waals surface area contributed by atoms with E-state index in [0.29, 0.717) is 11.3 Å². The Bertz CT molecular complexity index is 677. The molecule has 6 nitrogen and oxygen atoms in total. The molecular formula is C13H18N4O2S. The van der Waals surface area contributed by atoms with Crippen molar-refractivity contribution in [1.82, 2.24) is 20.1 Å². The van der Waals surface area contributed by atoms with Crippen LogP contribution in [-0.4, -0.2) is 36.5 Å². The number of sulfone groups is 1. The van der Waals surface area contributed by atoms with Crippen molar-refractivity contribution in [1.29, 1.82) is 0 Å². The van der Waals surface area contributed by atoms with Gasteiger partial charge in [0.05, 0.1) is 4.90 Å². The summed E-state index contributed by atoms with van der Waals surface area (Å²) in [6, 6.07) is 6.98. The molecule has 0 saturated heterocycles. The van der Waals surface area contributed by atoms with Crippen molar-refractivity contribution in [2.45, 2.75) is 17.4 Å².